The summed E-state index contributed by atoms with van der Waals surface area (Å²) in [5, 5.41) is 1.02. The van der Waals surface area contributed by atoms with E-state index in [1.807, 2.05) is 0 Å². The van der Waals surface area contributed by atoms with Crippen molar-refractivity contribution in [3.63, 3.8) is 0 Å². The van der Waals surface area contributed by atoms with Crippen LogP contribution < -0.4 is 0 Å². The Morgan fingerprint density at radius 1 is 1.28 bits per heavy atom. The Kier molecular flexibility index (Phi) is 6.73. The highest BCUT2D eigenvalue weighted by Gasteiger charge is 2.16. The Labute approximate surface area is 119 Å². The highest BCUT2D eigenvalue weighted by molar-refractivity contribution is 6.36. The van der Waals surface area contributed by atoms with Gasteiger partial charge in [0, 0.05) is 17.0 Å². The van der Waals surface area contributed by atoms with Gasteiger partial charge in [-0.25, -0.2) is 0 Å². The van der Waals surface area contributed by atoms with Gasteiger partial charge in [-0.05, 0) is 24.1 Å². The predicted molar refractivity (Wildman–Crippen MR) is 78.7 cm³/mol. The maximum Gasteiger partial charge on any atom is 0.164 e. The van der Waals surface area contributed by atoms with Crippen molar-refractivity contribution in [2.75, 3.05) is 0 Å². The number of rotatable bonds is 7. The Morgan fingerprint density at radius 2 is 2.00 bits per heavy atom. The van der Waals surface area contributed by atoms with Crippen molar-refractivity contribution in [2.24, 2.45) is 5.92 Å². The lowest BCUT2D eigenvalue weighted by Crippen LogP contribution is -2.09. The van der Waals surface area contributed by atoms with Gasteiger partial charge in [0.05, 0.1) is 5.02 Å². The van der Waals surface area contributed by atoms with Crippen molar-refractivity contribution in [3.05, 3.63) is 33.8 Å². The lowest BCUT2D eigenvalue weighted by molar-refractivity contribution is 0.0957. The second kappa shape index (κ2) is 7.81. The zero-order valence-corrected chi connectivity index (χ0v) is 12.5. The minimum atomic E-state index is 0.125. The van der Waals surface area contributed by atoms with Gasteiger partial charge in [-0.1, -0.05) is 62.7 Å². The van der Waals surface area contributed by atoms with Gasteiger partial charge in [0.15, 0.2) is 5.78 Å². The smallest absolute Gasteiger partial charge is 0.164 e. The molecule has 0 amide bonds. The third kappa shape index (κ3) is 4.62. The van der Waals surface area contributed by atoms with Crippen molar-refractivity contribution >= 4 is 29.0 Å². The summed E-state index contributed by atoms with van der Waals surface area (Å²) in [6.07, 6.45) is 5.09. The van der Waals surface area contributed by atoms with Crippen molar-refractivity contribution < 1.29 is 4.79 Å². The van der Waals surface area contributed by atoms with E-state index in [4.69, 9.17) is 23.2 Å². The zero-order chi connectivity index (χ0) is 13.5. The molecule has 0 aliphatic carbocycles. The Balaban J connectivity index is 2.68. The molecular weight excluding hydrogens is 267 g/mol. The maximum absolute atomic E-state index is 12.2. The van der Waals surface area contributed by atoms with Crippen LogP contribution in [0.3, 0.4) is 0 Å². The van der Waals surface area contributed by atoms with Gasteiger partial charge in [0.25, 0.3) is 0 Å². The second-order valence-corrected chi connectivity index (χ2v) is 5.51. The molecule has 1 aromatic rings. The quantitative estimate of drug-likeness (QED) is 0.581. The molecule has 1 aromatic carbocycles. The molecule has 0 bridgehead atoms. The number of carbonyl (C=O) groups excluding carboxylic acids is 1. The molecule has 18 heavy (non-hydrogen) atoms. The zero-order valence-electron chi connectivity index (χ0n) is 11.0. The van der Waals surface area contributed by atoms with Crippen molar-refractivity contribution in [1.29, 1.82) is 0 Å². The molecule has 0 aliphatic rings. The average molecular weight is 287 g/mol. The fourth-order valence-corrected chi connectivity index (χ4v) is 2.54. The van der Waals surface area contributed by atoms with Crippen molar-refractivity contribution in [2.45, 2.75) is 46.0 Å². The molecular formula is C15H20Cl2O. The second-order valence-electron chi connectivity index (χ2n) is 4.67. The molecule has 0 aromatic heterocycles. The molecule has 0 aliphatic heterocycles. The Morgan fingerprint density at radius 3 is 2.56 bits per heavy atom. The first-order chi connectivity index (χ1) is 8.58. The summed E-state index contributed by atoms with van der Waals surface area (Å²) in [6, 6.07) is 5.07. The van der Waals surface area contributed by atoms with Crippen molar-refractivity contribution in [1.82, 2.24) is 0 Å². The molecule has 0 spiro atoms. The van der Waals surface area contributed by atoms with E-state index in [9.17, 15) is 4.79 Å². The van der Waals surface area contributed by atoms with Crippen molar-refractivity contribution in [3.8, 4) is 0 Å². The highest BCUT2D eigenvalue weighted by Crippen LogP contribution is 2.25. The van der Waals surface area contributed by atoms with Gasteiger partial charge in [-0.3, -0.25) is 4.79 Å². The first kappa shape index (κ1) is 15.5. The third-order valence-corrected chi connectivity index (χ3v) is 3.80. The van der Waals surface area contributed by atoms with E-state index in [1.54, 1.807) is 18.2 Å². The molecule has 3 heteroatoms. The summed E-state index contributed by atoms with van der Waals surface area (Å²) in [5.74, 6) is 0.587. The van der Waals surface area contributed by atoms with Gasteiger partial charge in [-0.15, -0.1) is 0 Å². The Bertz CT molecular complexity index is 401. The number of halogens is 2. The molecule has 1 nitrogen and oxygen atoms in total. The van der Waals surface area contributed by atoms with Gasteiger partial charge in [0.1, 0.15) is 0 Å². The fraction of sp³-hybridized carbons (Fsp3) is 0.533. The molecule has 1 rings (SSSR count). The van der Waals surface area contributed by atoms with Crippen LogP contribution in [0.2, 0.25) is 10.0 Å². The van der Waals surface area contributed by atoms with E-state index in [-0.39, 0.29) is 5.78 Å². The van der Waals surface area contributed by atoms with Crippen LogP contribution in [-0.2, 0) is 0 Å². The molecule has 0 heterocycles. The number of hydrogen-bond acceptors (Lipinski definition) is 1. The van der Waals surface area contributed by atoms with Gasteiger partial charge in [0.2, 0.25) is 0 Å². The van der Waals surface area contributed by atoms with E-state index >= 15 is 0 Å². The number of benzene rings is 1. The van der Waals surface area contributed by atoms with Crippen LogP contribution in [0.15, 0.2) is 18.2 Å². The fourth-order valence-electron chi connectivity index (χ4n) is 2.03. The summed E-state index contributed by atoms with van der Waals surface area (Å²) < 4.78 is 0. The summed E-state index contributed by atoms with van der Waals surface area (Å²) in [6.45, 7) is 4.31. The largest absolute Gasteiger partial charge is 0.294 e. The molecule has 0 N–H and O–H groups in total. The third-order valence-electron chi connectivity index (χ3n) is 3.25. The average Bonchev–Trinajstić information content (AvgIpc) is 2.34. The molecule has 1 unspecified atom stereocenters. The number of unbranched alkanes of at least 4 members (excludes halogenated alkanes) is 1. The molecule has 100 valence electrons. The predicted octanol–water partition coefficient (Wildman–Crippen LogP) is 5.78. The first-order valence-electron chi connectivity index (χ1n) is 6.56. The molecule has 0 saturated heterocycles. The summed E-state index contributed by atoms with van der Waals surface area (Å²) in [7, 11) is 0. The molecule has 1 atom stereocenters. The van der Waals surface area contributed by atoms with E-state index in [1.165, 1.54) is 12.8 Å². The first-order valence-corrected chi connectivity index (χ1v) is 7.32. The summed E-state index contributed by atoms with van der Waals surface area (Å²) >= 11 is 11.9. The van der Waals surface area contributed by atoms with E-state index < -0.39 is 0 Å². The van der Waals surface area contributed by atoms with Gasteiger partial charge >= 0.3 is 0 Å². The number of ketones is 1. The lowest BCUT2D eigenvalue weighted by Gasteiger charge is -2.13. The summed E-state index contributed by atoms with van der Waals surface area (Å²) in [4.78, 5) is 12.2. The van der Waals surface area contributed by atoms with Crippen LogP contribution >= 0.6 is 23.2 Å². The van der Waals surface area contributed by atoms with E-state index in [0.29, 0.717) is 27.9 Å². The van der Waals surface area contributed by atoms with E-state index in [2.05, 4.69) is 13.8 Å². The maximum atomic E-state index is 12.2. The monoisotopic (exact) mass is 286 g/mol. The summed E-state index contributed by atoms with van der Waals surface area (Å²) in [5.41, 5.74) is 0.594. The lowest BCUT2D eigenvalue weighted by atomic mass is 9.91. The molecule has 0 radical (unpaired) electrons. The van der Waals surface area contributed by atoms with Crippen LogP contribution in [0.4, 0.5) is 0 Å². The number of hydrogen-bond donors (Lipinski definition) is 0. The standard InChI is InChI=1S/C15H20Cl2O/c1-3-5-6-11(4-2)9-15(18)13-8-7-12(16)10-14(13)17/h7-8,10-11H,3-6,9H2,1-2H3. The Hall–Kier alpha value is -0.530. The molecule has 0 fully saturated rings. The minimum Gasteiger partial charge on any atom is -0.294 e. The SMILES string of the molecule is CCCCC(CC)CC(=O)c1ccc(Cl)cc1Cl. The topological polar surface area (TPSA) is 17.1 Å². The van der Waals surface area contributed by atoms with Crippen LogP contribution in [-0.4, -0.2) is 5.78 Å². The minimum absolute atomic E-state index is 0.125. The van der Waals surface area contributed by atoms with Crippen LogP contribution in [0.5, 0.6) is 0 Å². The van der Waals surface area contributed by atoms with Gasteiger partial charge < -0.3 is 0 Å². The van der Waals surface area contributed by atoms with Crippen LogP contribution in [0.25, 0.3) is 0 Å². The van der Waals surface area contributed by atoms with Crippen LogP contribution in [0, 0.1) is 5.92 Å². The van der Waals surface area contributed by atoms with E-state index in [0.717, 1.165) is 12.8 Å². The number of carbonyl (C=O) groups is 1. The van der Waals surface area contributed by atoms with Crippen LogP contribution in [0.1, 0.15) is 56.3 Å². The number of Topliss-reactive ketones (excluding diaryl/α,β-unsaturated/α-hetero) is 1. The highest BCUT2D eigenvalue weighted by atomic mass is 35.5. The van der Waals surface area contributed by atoms with Gasteiger partial charge in [-0.2, -0.15) is 0 Å². The normalized spacial score (nSPS) is 12.4. The molecule has 0 saturated carbocycles.